The second-order valence-corrected chi connectivity index (χ2v) is 6.18. The Morgan fingerprint density at radius 1 is 1.19 bits per heavy atom. The van der Waals surface area contributed by atoms with Gasteiger partial charge in [-0.15, -0.1) is 0 Å². The number of nitrogens with zero attached hydrogens (tertiary/aromatic N) is 3. The first-order chi connectivity index (χ1) is 12.6. The lowest BCUT2D eigenvalue weighted by molar-refractivity contribution is 0.0948. The summed E-state index contributed by atoms with van der Waals surface area (Å²) in [5.74, 6) is 0.585. The Labute approximate surface area is 150 Å². The number of furan rings is 1. The minimum absolute atomic E-state index is 0.236. The number of aryl methyl sites for hydroxylation is 2. The second-order valence-electron chi connectivity index (χ2n) is 6.18. The minimum atomic E-state index is -0.236. The van der Waals surface area contributed by atoms with Crippen LogP contribution < -0.4 is 5.32 Å². The molecule has 0 atom stereocenters. The van der Waals surface area contributed by atoms with Gasteiger partial charge in [0.1, 0.15) is 12.1 Å². The quantitative estimate of drug-likeness (QED) is 0.613. The molecule has 0 aliphatic heterocycles. The summed E-state index contributed by atoms with van der Waals surface area (Å²) in [6.45, 7) is 4.29. The fraction of sp³-hybridized carbons (Fsp3) is 0.150. The van der Waals surface area contributed by atoms with Crippen LogP contribution in [0, 0.1) is 13.8 Å². The Morgan fingerprint density at radius 2 is 2.00 bits per heavy atom. The molecule has 6 heteroatoms. The van der Waals surface area contributed by atoms with Crippen LogP contribution in [0.2, 0.25) is 0 Å². The van der Waals surface area contributed by atoms with Gasteiger partial charge in [0.15, 0.2) is 11.3 Å². The Balaban J connectivity index is 1.49. The zero-order valence-corrected chi connectivity index (χ0v) is 14.6. The van der Waals surface area contributed by atoms with Crippen molar-refractivity contribution in [3.63, 3.8) is 0 Å². The number of rotatable bonds is 4. The van der Waals surface area contributed by atoms with Crippen molar-refractivity contribution in [2.45, 2.75) is 20.4 Å². The molecule has 1 amide bonds. The predicted octanol–water partition coefficient (Wildman–Crippen LogP) is 3.54. The van der Waals surface area contributed by atoms with E-state index in [1.54, 1.807) is 12.6 Å². The minimum Gasteiger partial charge on any atom is -0.464 e. The van der Waals surface area contributed by atoms with Gasteiger partial charge in [-0.2, -0.15) is 0 Å². The molecule has 3 aromatic heterocycles. The molecule has 4 rings (SSSR count). The van der Waals surface area contributed by atoms with Crippen molar-refractivity contribution in [3.8, 4) is 11.3 Å². The van der Waals surface area contributed by atoms with Crippen molar-refractivity contribution in [1.29, 1.82) is 0 Å². The lowest BCUT2D eigenvalue weighted by Gasteiger charge is -2.06. The summed E-state index contributed by atoms with van der Waals surface area (Å²) in [5.41, 5.74) is 4.76. The third kappa shape index (κ3) is 2.97. The molecule has 0 saturated heterocycles. The monoisotopic (exact) mass is 346 g/mol. The van der Waals surface area contributed by atoms with Crippen LogP contribution in [0.5, 0.6) is 0 Å². The molecule has 4 aromatic rings. The summed E-state index contributed by atoms with van der Waals surface area (Å²) in [4.78, 5) is 21.2. The van der Waals surface area contributed by atoms with Crippen LogP contribution in [-0.2, 0) is 6.54 Å². The van der Waals surface area contributed by atoms with E-state index in [2.05, 4.69) is 15.3 Å². The summed E-state index contributed by atoms with van der Waals surface area (Å²) in [6.07, 6.45) is 3.28. The van der Waals surface area contributed by atoms with Gasteiger partial charge in [0.05, 0.1) is 6.26 Å². The first-order valence-corrected chi connectivity index (χ1v) is 8.34. The maximum atomic E-state index is 12.5. The standard InChI is InChI=1S/C20H18N4O2/c1-13-10-14(2)24-12-22-18(19(24)23-13)20(25)21-11-15-5-7-16(8-6-15)17-4-3-9-26-17/h3-10,12H,11H2,1-2H3,(H,21,25). The lowest BCUT2D eigenvalue weighted by Crippen LogP contribution is -2.23. The lowest BCUT2D eigenvalue weighted by atomic mass is 10.1. The Hall–Kier alpha value is -3.41. The highest BCUT2D eigenvalue weighted by Crippen LogP contribution is 2.20. The molecule has 0 unspecified atom stereocenters. The van der Waals surface area contributed by atoms with Crippen LogP contribution in [0.3, 0.4) is 0 Å². The van der Waals surface area contributed by atoms with E-state index < -0.39 is 0 Å². The number of hydrogen-bond acceptors (Lipinski definition) is 4. The highest BCUT2D eigenvalue weighted by Gasteiger charge is 2.15. The van der Waals surface area contributed by atoms with E-state index in [-0.39, 0.29) is 5.91 Å². The van der Waals surface area contributed by atoms with E-state index in [1.165, 1.54) is 0 Å². The molecule has 0 fully saturated rings. The summed E-state index contributed by atoms with van der Waals surface area (Å²) >= 11 is 0. The number of aromatic nitrogens is 3. The molecule has 0 bridgehead atoms. The number of fused-ring (bicyclic) bond motifs is 1. The van der Waals surface area contributed by atoms with Crippen molar-refractivity contribution in [1.82, 2.24) is 19.7 Å². The van der Waals surface area contributed by atoms with Gasteiger partial charge in [-0.3, -0.25) is 9.20 Å². The third-order valence-electron chi connectivity index (χ3n) is 4.25. The summed E-state index contributed by atoms with van der Waals surface area (Å²) in [6, 6.07) is 13.6. The maximum Gasteiger partial charge on any atom is 0.274 e. The Morgan fingerprint density at radius 3 is 2.73 bits per heavy atom. The number of imidazole rings is 1. The largest absolute Gasteiger partial charge is 0.464 e. The summed E-state index contributed by atoms with van der Waals surface area (Å²) in [7, 11) is 0. The average Bonchev–Trinajstić information content (AvgIpc) is 3.30. The second kappa shape index (κ2) is 6.48. The molecule has 3 heterocycles. The number of benzene rings is 1. The van der Waals surface area contributed by atoms with Gasteiger partial charge in [-0.25, -0.2) is 9.97 Å². The SMILES string of the molecule is Cc1cc(C)n2cnc(C(=O)NCc3ccc(-c4ccco4)cc3)c2n1. The van der Waals surface area contributed by atoms with E-state index in [1.807, 2.05) is 60.7 Å². The number of carbonyl (C=O) groups is 1. The van der Waals surface area contributed by atoms with Gasteiger partial charge in [-0.1, -0.05) is 24.3 Å². The van der Waals surface area contributed by atoms with Crippen LogP contribution >= 0.6 is 0 Å². The zero-order chi connectivity index (χ0) is 18.1. The van der Waals surface area contributed by atoms with Crippen LogP contribution in [0.4, 0.5) is 0 Å². The van der Waals surface area contributed by atoms with Gasteiger partial charge in [0.2, 0.25) is 0 Å². The topological polar surface area (TPSA) is 72.4 Å². The molecule has 26 heavy (non-hydrogen) atoms. The van der Waals surface area contributed by atoms with Crippen LogP contribution in [0.25, 0.3) is 17.0 Å². The molecule has 0 spiro atoms. The van der Waals surface area contributed by atoms with Crippen molar-refractivity contribution in [2.75, 3.05) is 0 Å². The van der Waals surface area contributed by atoms with Crippen molar-refractivity contribution >= 4 is 11.6 Å². The molecule has 1 aromatic carbocycles. The molecule has 0 aliphatic rings. The zero-order valence-electron chi connectivity index (χ0n) is 14.6. The summed E-state index contributed by atoms with van der Waals surface area (Å²) < 4.78 is 7.20. The van der Waals surface area contributed by atoms with Crippen molar-refractivity contribution in [2.24, 2.45) is 0 Å². The van der Waals surface area contributed by atoms with E-state index in [4.69, 9.17) is 4.42 Å². The number of carbonyl (C=O) groups excluding carboxylic acids is 1. The fourth-order valence-corrected chi connectivity index (χ4v) is 2.93. The molecule has 0 radical (unpaired) electrons. The van der Waals surface area contributed by atoms with Gasteiger partial charge in [-0.05, 0) is 37.6 Å². The van der Waals surface area contributed by atoms with Gasteiger partial charge in [0, 0.05) is 23.5 Å². The molecule has 1 N–H and O–H groups in total. The fourth-order valence-electron chi connectivity index (χ4n) is 2.93. The molecule has 6 nitrogen and oxygen atoms in total. The van der Waals surface area contributed by atoms with Crippen LogP contribution in [0.1, 0.15) is 27.4 Å². The van der Waals surface area contributed by atoms with Crippen molar-refractivity contribution in [3.05, 3.63) is 77.7 Å². The normalized spacial score (nSPS) is 11.0. The number of nitrogens with one attached hydrogen (secondary N) is 1. The molecule has 0 saturated carbocycles. The first-order valence-electron chi connectivity index (χ1n) is 8.34. The average molecular weight is 346 g/mol. The van der Waals surface area contributed by atoms with Crippen molar-refractivity contribution < 1.29 is 9.21 Å². The number of amides is 1. The predicted molar refractivity (Wildman–Crippen MR) is 97.8 cm³/mol. The van der Waals surface area contributed by atoms with Gasteiger partial charge in [0.25, 0.3) is 5.91 Å². The first kappa shape index (κ1) is 16.1. The Kier molecular flexibility index (Phi) is 4.01. The Bertz CT molecular complexity index is 1060. The van der Waals surface area contributed by atoms with E-state index in [9.17, 15) is 4.79 Å². The number of hydrogen-bond donors (Lipinski definition) is 1. The van der Waals surface area contributed by atoms with Crippen LogP contribution in [0.15, 0.2) is 59.5 Å². The highest BCUT2D eigenvalue weighted by atomic mass is 16.3. The third-order valence-corrected chi connectivity index (χ3v) is 4.25. The van der Waals surface area contributed by atoms with E-state index in [0.717, 1.165) is 28.3 Å². The van der Waals surface area contributed by atoms with Crippen LogP contribution in [-0.4, -0.2) is 20.3 Å². The summed E-state index contributed by atoms with van der Waals surface area (Å²) in [5, 5.41) is 2.91. The van der Waals surface area contributed by atoms with Gasteiger partial charge < -0.3 is 9.73 Å². The molecular formula is C20H18N4O2. The van der Waals surface area contributed by atoms with Gasteiger partial charge >= 0.3 is 0 Å². The molecular weight excluding hydrogens is 328 g/mol. The van der Waals surface area contributed by atoms with E-state index in [0.29, 0.717) is 17.9 Å². The molecule has 0 aliphatic carbocycles. The smallest absolute Gasteiger partial charge is 0.274 e. The molecule has 130 valence electrons. The highest BCUT2D eigenvalue weighted by molar-refractivity contribution is 5.97. The van der Waals surface area contributed by atoms with E-state index >= 15 is 0 Å². The maximum absolute atomic E-state index is 12.5.